The van der Waals surface area contributed by atoms with Crippen LogP contribution in [0.3, 0.4) is 0 Å². The molecule has 0 amide bonds. The molecule has 3 nitrogen and oxygen atoms in total. The van der Waals surface area contributed by atoms with Crippen molar-refractivity contribution < 1.29 is 5.11 Å². The molecule has 1 fully saturated rings. The molecule has 1 aliphatic rings. The number of hydrogen-bond donors (Lipinski definition) is 1. The van der Waals surface area contributed by atoms with E-state index in [4.69, 9.17) is 0 Å². The summed E-state index contributed by atoms with van der Waals surface area (Å²) < 4.78 is 0. The highest BCUT2D eigenvalue weighted by Gasteiger charge is 2.27. The second-order valence-corrected chi connectivity index (χ2v) is 6.62. The fraction of sp³-hybridized carbons (Fsp3) is 0.450. The lowest BCUT2D eigenvalue weighted by atomic mass is 9.87. The molecular formula is C20H26N2O. The Balaban J connectivity index is 1.70. The van der Waals surface area contributed by atoms with Crippen molar-refractivity contribution in [2.75, 3.05) is 20.1 Å². The number of rotatable bonds is 5. The Bertz CT molecular complexity index is 606. The van der Waals surface area contributed by atoms with Crippen LogP contribution in [0.2, 0.25) is 0 Å². The van der Waals surface area contributed by atoms with Crippen LogP contribution in [0.1, 0.15) is 35.8 Å². The molecule has 122 valence electrons. The van der Waals surface area contributed by atoms with E-state index in [1.807, 2.05) is 12.1 Å². The Morgan fingerprint density at radius 3 is 2.57 bits per heavy atom. The van der Waals surface area contributed by atoms with Gasteiger partial charge in [-0.15, -0.1) is 0 Å². The van der Waals surface area contributed by atoms with Crippen LogP contribution >= 0.6 is 0 Å². The summed E-state index contributed by atoms with van der Waals surface area (Å²) in [5.74, 6) is 0.330. The van der Waals surface area contributed by atoms with Crippen LogP contribution < -0.4 is 0 Å². The molecule has 0 saturated carbocycles. The topological polar surface area (TPSA) is 36.4 Å². The van der Waals surface area contributed by atoms with Crippen molar-refractivity contribution >= 4 is 0 Å². The lowest BCUT2D eigenvalue weighted by molar-refractivity contribution is 0.0620. The van der Waals surface area contributed by atoms with Gasteiger partial charge in [0.2, 0.25) is 0 Å². The second kappa shape index (κ2) is 7.71. The number of pyridine rings is 1. The minimum absolute atomic E-state index is 0.330. The van der Waals surface area contributed by atoms with Crippen molar-refractivity contribution in [3.8, 4) is 0 Å². The van der Waals surface area contributed by atoms with Crippen molar-refractivity contribution in [2.24, 2.45) is 5.92 Å². The summed E-state index contributed by atoms with van der Waals surface area (Å²) in [5, 5.41) is 10.8. The van der Waals surface area contributed by atoms with Gasteiger partial charge >= 0.3 is 0 Å². The number of nitrogens with zero attached hydrogens (tertiary/aromatic N) is 2. The van der Waals surface area contributed by atoms with Crippen molar-refractivity contribution in [3.63, 3.8) is 0 Å². The van der Waals surface area contributed by atoms with E-state index in [1.54, 1.807) is 6.20 Å². The molecule has 2 heterocycles. The fourth-order valence-electron chi connectivity index (χ4n) is 3.42. The van der Waals surface area contributed by atoms with E-state index in [1.165, 1.54) is 11.1 Å². The first kappa shape index (κ1) is 16.2. The first-order chi connectivity index (χ1) is 11.2. The molecular weight excluding hydrogens is 284 g/mol. The normalized spacial score (nSPS) is 18.0. The number of aromatic nitrogens is 1. The van der Waals surface area contributed by atoms with Gasteiger partial charge in [0.15, 0.2) is 0 Å². The van der Waals surface area contributed by atoms with Crippen molar-refractivity contribution in [3.05, 3.63) is 65.5 Å². The van der Waals surface area contributed by atoms with Gasteiger partial charge in [0.1, 0.15) is 0 Å². The summed E-state index contributed by atoms with van der Waals surface area (Å²) in [6.07, 6.45) is 5.38. The van der Waals surface area contributed by atoms with Gasteiger partial charge in [-0.3, -0.25) is 4.98 Å². The number of benzene rings is 1. The molecule has 0 aliphatic carbocycles. The summed E-state index contributed by atoms with van der Waals surface area (Å²) in [5.41, 5.74) is 3.40. The van der Waals surface area contributed by atoms with Gasteiger partial charge in [0.05, 0.1) is 11.8 Å². The lowest BCUT2D eigenvalue weighted by Gasteiger charge is -2.32. The molecule has 1 aromatic heterocycles. The molecule has 23 heavy (non-hydrogen) atoms. The summed E-state index contributed by atoms with van der Waals surface area (Å²) in [7, 11) is 2.15. The van der Waals surface area contributed by atoms with Crippen LogP contribution in [0.15, 0.2) is 48.7 Å². The monoisotopic (exact) mass is 310 g/mol. The zero-order valence-corrected chi connectivity index (χ0v) is 13.9. The van der Waals surface area contributed by atoms with Crippen molar-refractivity contribution in [1.82, 2.24) is 9.88 Å². The van der Waals surface area contributed by atoms with Crippen LogP contribution in [-0.2, 0) is 12.8 Å². The highest BCUT2D eigenvalue weighted by atomic mass is 16.3. The van der Waals surface area contributed by atoms with Crippen molar-refractivity contribution in [1.29, 1.82) is 0 Å². The predicted molar refractivity (Wildman–Crippen MR) is 93.3 cm³/mol. The van der Waals surface area contributed by atoms with E-state index in [0.29, 0.717) is 5.92 Å². The number of aliphatic hydroxyl groups excluding tert-OH is 1. The maximum atomic E-state index is 10.8. The highest BCUT2D eigenvalue weighted by molar-refractivity contribution is 5.25. The Morgan fingerprint density at radius 1 is 1.09 bits per heavy atom. The summed E-state index contributed by atoms with van der Waals surface area (Å²) in [6, 6.07) is 14.6. The van der Waals surface area contributed by atoms with E-state index < -0.39 is 6.10 Å². The van der Waals surface area contributed by atoms with E-state index in [-0.39, 0.29) is 0 Å². The summed E-state index contributed by atoms with van der Waals surface area (Å²) in [4.78, 5) is 6.85. The predicted octanol–water partition coefficient (Wildman–Crippen LogP) is 3.24. The first-order valence-electron chi connectivity index (χ1n) is 8.58. The molecule has 1 aliphatic heterocycles. The SMILES string of the molecule is CN1CCC([C@H](O)c2ncccc2CCc2ccccc2)CC1. The molecule has 2 aromatic rings. The van der Waals surface area contributed by atoms with Gasteiger partial charge in [0.25, 0.3) is 0 Å². The van der Waals surface area contributed by atoms with Crippen LogP contribution in [0, 0.1) is 5.92 Å². The Labute approximate surface area is 139 Å². The van der Waals surface area contributed by atoms with Gasteiger partial charge in [-0.25, -0.2) is 0 Å². The standard InChI is InChI=1S/C20H26N2O/c1-22-14-11-18(12-15-22)20(23)19-17(8-5-13-21-19)10-9-16-6-3-2-4-7-16/h2-8,13,18,20,23H,9-12,14-15H2,1H3/t20-/m0/s1. The number of hydrogen-bond acceptors (Lipinski definition) is 3. The van der Waals surface area contributed by atoms with Gasteiger partial charge in [-0.2, -0.15) is 0 Å². The van der Waals surface area contributed by atoms with E-state index in [2.05, 4.69) is 47.3 Å². The molecule has 0 spiro atoms. The summed E-state index contributed by atoms with van der Waals surface area (Å²) >= 11 is 0. The number of aryl methyl sites for hydroxylation is 2. The maximum absolute atomic E-state index is 10.8. The third kappa shape index (κ3) is 4.18. The zero-order valence-electron chi connectivity index (χ0n) is 13.9. The fourth-order valence-corrected chi connectivity index (χ4v) is 3.42. The molecule has 0 unspecified atom stereocenters. The molecule has 3 heteroatoms. The average molecular weight is 310 g/mol. The van der Waals surface area contributed by atoms with Gasteiger partial charge < -0.3 is 10.0 Å². The quantitative estimate of drug-likeness (QED) is 0.921. The first-order valence-corrected chi connectivity index (χ1v) is 8.58. The number of piperidine rings is 1. The molecule has 1 atom stereocenters. The Morgan fingerprint density at radius 2 is 1.83 bits per heavy atom. The maximum Gasteiger partial charge on any atom is 0.0991 e. The largest absolute Gasteiger partial charge is 0.387 e. The molecule has 1 saturated heterocycles. The third-order valence-corrected chi connectivity index (χ3v) is 4.94. The minimum atomic E-state index is -0.435. The Hall–Kier alpha value is -1.71. The zero-order chi connectivity index (χ0) is 16.1. The van der Waals surface area contributed by atoms with Crippen LogP contribution in [0.4, 0.5) is 0 Å². The van der Waals surface area contributed by atoms with E-state index >= 15 is 0 Å². The Kier molecular flexibility index (Phi) is 5.42. The van der Waals surface area contributed by atoms with Crippen molar-refractivity contribution in [2.45, 2.75) is 31.8 Å². The van der Waals surface area contributed by atoms with E-state index in [0.717, 1.165) is 44.5 Å². The molecule has 0 radical (unpaired) electrons. The van der Waals surface area contributed by atoms with Crippen LogP contribution in [-0.4, -0.2) is 35.1 Å². The smallest absolute Gasteiger partial charge is 0.0991 e. The number of likely N-dealkylation sites (tertiary alicyclic amines) is 1. The highest BCUT2D eigenvalue weighted by Crippen LogP contribution is 2.31. The molecule has 3 rings (SSSR count). The third-order valence-electron chi connectivity index (χ3n) is 4.94. The van der Waals surface area contributed by atoms with Crippen LogP contribution in [0.25, 0.3) is 0 Å². The average Bonchev–Trinajstić information content (AvgIpc) is 2.61. The number of aliphatic hydroxyl groups is 1. The van der Waals surface area contributed by atoms with Gasteiger partial charge in [-0.1, -0.05) is 36.4 Å². The molecule has 1 N–H and O–H groups in total. The second-order valence-electron chi connectivity index (χ2n) is 6.62. The lowest BCUT2D eigenvalue weighted by Crippen LogP contribution is -2.33. The van der Waals surface area contributed by atoms with E-state index in [9.17, 15) is 5.11 Å². The van der Waals surface area contributed by atoms with Crippen LogP contribution in [0.5, 0.6) is 0 Å². The van der Waals surface area contributed by atoms with Gasteiger partial charge in [0, 0.05) is 6.20 Å². The molecule has 0 bridgehead atoms. The molecule has 1 aromatic carbocycles. The van der Waals surface area contributed by atoms with Gasteiger partial charge in [-0.05, 0) is 68.9 Å². The minimum Gasteiger partial charge on any atom is -0.387 e. The summed E-state index contributed by atoms with van der Waals surface area (Å²) in [6.45, 7) is 2.13.